The van der Waals surface area contributed by atoms with Crippen LogP contribution in [0.3, 0.4) is 0 Å². The molecule has 5 N–H and O–H groups in total. The SMILES string of the molecule is CC1CC2C(=O)OCCC(=O)N3CCCC3C(=O)N3CCCCC3C(=O)NC(C)C(=O)N2C1.CCc1ccc(NC(=O)NCC(N)=O)cc1.Cc1cc(F)cc(F)c1. The lowest BCUT2D eigenvalue weighted by Crippen LogP contribution is -2.59. The van der Waals surface area contributed by atoms with Gasteiger partial charge in [-0.25, -0.2) is 18.4 Å². The van der Waals surface area contributed by atoms with Crippen molar-refractivity contribution in [1.29, 1.82) is 0 Å². The van der Waals surface area contributed by atoms with Crippen LogP contribution in [-0.4, -0.2) is 113 Å². The number of urea groups is 1. The molecule has 4 aliphatic rings. The Bertz CT molecular complexity index is 1760. The molecule has 6 rings (SSSR count). The summed E-state index contributed by atoms with van der Waals surface area (Å²) in [5.41, 5.74) is 7.37. The molecule has 2 aromatic rings. The third kappa shape index (κ3) is 12.7. The van der Waals surface area contributed by atoms with Gasteiger partial charge in [-0.05, 0) is 100 Å². The van der Waals surface area contributed by atoms with E-state index in [2.05, 4.69) is 22.9 Å². The summed E-state index contributed by atoms with van der Waals surface area (Å²) in [5.74, 6) is -3.17. The minimum Gasteiger partial charge on any atom is -0.464 e. The minimum absolute atomic E-state index is 0.00788. The lowest BCUT2D eigenvalue weighted by Gasteiger charge is -2.38. The predicted molar refractivity (Wildman–Crippen MR) is 210 cm³/mol. The molecule has 15 nitrogen and oxygen atoms in total. The fraction of sp³-hybridized carbons (Fsp3) is 0.537. The number of amides is 7. The van der Waals surface area contributed by atoms with Crippen molar-refractivity contribution in [2.45, 2.75) is 103 Å². The molecule has 4 saturated heterocycles. The number of rotatable bonds is 4. The number of primary amides is 1. The predicted octanol–water partition coefficient (Wildman–Crippen LogP) is 3.18. The van der Waals surface area contributed by atoms with Gasteiger partial charge in [0.1, 0.15) is 42.4 Å². The monoisotopic (exact) mass is 811 g/mol. The van der Waals surface area contributed by atoms with Crippen LogP contribution < -0.4 is 21.7 Å². The summed E-state index contributed by atoms with van der Waals surface area (Å²) in [7, 11) is 0. The number of nitrogens with one attached hydrogen (secondary N) is 3. The second-order valence-corrected chi connectivity index (χ2v) is 15.1. The maximum atomic E-state index is 13.4. The maximum absolute atomic E-state index is 13.4. The van der Waals surface area contributed by atoms with Gasteiger partial charge in [-0.1, -0.05) is 26.0 Å². The second-order valence-electron chi connectivity index (χ2n) is 15.1. The van der Waals surface area contributed by atoms with Crippen LogP contribution in [0.2, 0.25) is 0 Å². The molecule has 0 radical (unpaired) electrons. The van der Waals surface area contributed by atoms with Crippen LogP contribution in [0.15, 0.2) is 42.5 Å². The van der Waals surface area contributed by atoms with Gasteiger partial charge in [0.2, 0.25) is 29.5 Å². The zero-order valence-corrected chi connectivity index (χ0v) is 33.6. The molecule has 0 bridgehead atoms. The summed E-state index contributed by atoms with van der Waals surface area (Å²) in [6.45, 7) is 8.37. The number of aryl methyl sites for hydroxylation is 2. The Labute approximate surface area is 337 Å². The van der Waals surface area contributed by atoms with Crippen LogP contribution in [0.25, 0.3) is 0 Å². The third-order valence-electron chi connectivity index (χ3n) is 10.4. The second kappa shape index (κ2) is 21.2. The number of piperidine rings is 1. The van der Waals surface area contributed by atoms with Gasteiger partial charge in [-0.2, -0.15) is 0 Å². The van der Waals surface area contributed by atoms with Gasteiger partial charge in [0.25, 0.3) is 0 Å². The third-order valence-corrected chi connectivity index (χ3v) is 10.4. The van der Waals surface area contributed by atoms with Crippen LogP contribution in [-0.2, 0) is 39.9 Å². The van der Waals surface area contributed by atoms with Crippen molar-refractivity contribution in [2.24, 2.45) is 11.7 Å². The molecule has 4 aliphatic heterocycles. The van der Waals surface area contributed by atoms with E-state index in [0.29, 0.717) is 56.6 Å². The first kappa shape index (κ1) is 45.1. The van der Waals surface area contributed by atoms with Crippen LogP contribution in [0.4, 0.5) is 19.3 Å². The number of hydrogen-bond donors (Lipinski definition) is 4. The molecular weight excluding hydrogens is 756 g/mol. The standard InChI is InChI=1S/C23H34N4O6.C11H15N3O2.C7H6F2/c1-14-12-18-23(32)33-11-8-19(28)25-10-5-7-17(25)22(31)26-9-4-3-6-16(26)20(29)24-15(2)21(30)27(18)13-14;1-2-8-3-5-9(6-4-8)14-11(16)13-7-10(12)15;1-5-2-6(8)4-7(9)3-5/h14-18H,3-13H2,1-2H3,(H,24,29);3-6H,2,7H2,1H3,(H2,12,15)(H2,13,14,16);2-4H,1H3. The van der Waals surface area contributed by atoms with E-state index in [4.69, 9.17) is 10.5 Å². The Morgan fingerprint density at radius 2 is 1.52 bits per heavy atom. The molecule has 17 heteroatoms. The maximum Gasteiger partial charge on any atom is 0.328 e. The lowest BCUT2D eigenvalue weighted by molar-refractivity contribution is -0.156. The molecule has 7 amide bonds. The first-order chi connectivity index (χ1) is 27.6. The van der Waals surface area contributed by atoms with Crippen molar-refractivity contribution in [2.75, 3.05) is 38.1 Å². The van der Waals surface area contributed by atoms with Gasteiger partial charge in [-0.15, -0.1) is 0 Å². The number of carbonyl (C=O) groups is 7. The summed E-state index contributed by atoms with van der Waals surface area (Å²) in [4.78, 5) is 91.6. The van der Waals surface area contributed by atoms with E-state index in [1.807, 2.05) is 31.2 Å². The molecule has 5 unspecified atom stereocenters. The Kier molecular flexibility index (Phi) is 16.5. The Hall–Kier alpha value is -5.61. The van der Waals surface area contributed by atoms with E-state index in [9.17, 15) is 42.3 Å². The average Bonchev–Trinajstić information content (AvgIpc) is 3.84. The first-order valence-electron chi connectivity index (χ1n) is 19.8. The number of fused-ring (bicyclic) bond motifs is 3. The van der Waals surface area contributed by atoms with Crippen molar-refractivity contribution < 1.29 is 47.1 Å². The fourth-order valence-corrected chi connectivity index (χ4v) is 7.45. The zero-order chi connectivity index (χ0) is 42.5. The van der Waals surface area contributed by atoms with Crippen molar-refractivity contribution >= 4 is 47.2 Å². The Morgan fingerprint density at radius 3 is 2.16 bits per heavy atom. The normalized spacial score (nSPS) is 23.8. The topological polar surface area (TPSA) is 201 Å². The van der Waals surface area contributed by atoms with E-state index in [0.717, 1.165) is 25.3 Å². The van der Waals surface area contributed by atoms with Gasteiger partial charge < -0.3 is 41.1 Å². The number of cyclic esters (lactones) is 1. The van der Waals surface area contributed by atoms with Gasteiger partial charge in [0.15, 0.2) is 0 Å². The first-order valence-corrected chi connectivity index (χ1v) is 19.8. The largest absolute Gasteiger partial charge is 0.464 e. The summed E-state index contributed by atoms with van der Waals surface area (Å²) >= 11 is 0. The van der Waals surface area contributed by atoms with E-state index >= 15 is 0 Å². The highest BCUT2D eigenvalue weighted by Crippen LogP contribution is 2.27. The minimum atomic E-state index is -0.825. The smallest absolute Gasteiger partial charge is 0.328 e. The molecule has 4 heterocycles. The van der Waals surface area contributed by atoms with Crippen LogP contribution in [0.1, 0.15) is 76.8 Å². The molecule has 5 atom stereocenters. The molecule has 0 saturated carbocycles. The number of halogens is 2. The van der Waals surface area contributed by atoms with E-state index in [1.165, 1.54) is 22.6 Å². The average molecular weight is 812 g/mol. The lowest BCUT2D eigenvalue weighted by atomic mass is 9.99. The van der Waals surface area contributed by atoms with Gasteiger partial charge in [-0.3, -0.25) is 24.0 Å². The highest BCUT2D eigenvalue weighted by atomic mass is 19.1. The van der Waals surface area contributed by atoms with E-state index < -0.39 is 53.7 Å². The molecular formula is C41H55F2N7O8. The number of nitrogens with two attached hydrogens (primary N) is 1. The van der Waals surface area contributed by atoms with Crippen LogP contribution >= 0.6 is 0 Å². The summed E-state index contributed by atoms with van der Waals surface area (Å²) in [5, 5.41) is 7.71. The molecule has 0 aliphatic carbocycles. The van der Waals surface area contributed by atoms with E-state index in [1.54, 1.807) is 23.6 Å². The molecule has 58 heavy (non-hydrogen) atoms. The Morgan fingerprint density at radius 1 is 0.862 bits per heavy atom. The number of ether oxygens (including phenoxy) is 1. The molecule has 0 spiro atoms. The molecule has 0 aromatic heterocycles. The Balaban J connectivity index is 0.000000245. The zero-order valence-electron chi connectivity index (χ0n) is 33.6. The summed E-state index contributed by atoms with van der Waals surface area (Å²) < 4.78 is 29.8. The number of nitrogens with zero attached hydrogens (tertiary/aromatic N) is 3. The van der Waals surface area contributed by atoms with Crippen molar-refractivity contribution in [3.8, 4) is 0 Å². The van der Waals surface area contributed by atoms with Crippen molar-refractivity contribution in [3.63, 3.8) is 0 Å². The quantitative estimate of drug-likeness (QED) is 0.338. The number of esters is 1. The van der Waals surface area contributed by atoms with E-state index in [-0.39, 0.29) is 49.1 Å². The summed E-state index contributed by atoms with van der Waals surface area (Å²) in [6, 6.07) is 7.65. The summed E-state index contributed by atoms with van der Waals surface area (Å²) in [6.07, 6.45) is 4.84. The highest BCUT2D eigenvalue weighted by Gasteiger charge is 2.44. The molecule has 316 valence electrons. The number of hydrogen-bond acceptors (Lipinski definition) is 8. The number of benzene rings is 2. The van der Waals surface area contributed by atoms with Crippen molar-refractivity contribution in [1.82, 2.24) is 25.3 Å². The number of carbonyl (C=O) groups excluding carboxylic acids is 7. The van der Waals surface area contributed by atoms with Crippen LogP contribution in [0, 0.1) is 24.5 Å². The molecule has 4 fully saturated rings. The molecule has 2 aromatic carbocycles. The fourth-order valence-electron chi connectivity index (χ4n) is 7.45. The van der Waals surface area contributed by atoms with Gasteiger partial charge in [0, 0.05) is 31.4 Å². The highest BCUT2D eigenvalue weighted by molar-refractivity contribution is 5.96. The van der Waals surface area contributed by atoms with Crippen molar-refractivity contribution in [3.05, 3.63) is 65.2 Å². The number of anilines is 1. The van der Waals surface area contributed by atoms with Gasteiger partial charge >= 0.3 is 12.0 Å². The van der Waals surface area contributed by atoms with Gasteiger partial charge in [0.05, 0.1) is 13.0 Å². The van der Waals surface area contributed by atoms with Crippen LogP contribution in [0.5, 0.6) is 0 Å².